The molecule has 5 rings (SSSR count). The number of aromatic nitrogens is 2. The Morgan fingerprint density at radius 3 is 2.70 bits per heavy atom. The van der Waals surface area contributed by atoms with Crippen LogP contribution < -0.4 is 0 Å². The van der Waals surface area contributed by atoms with Crippen molar-refractivity contribution in [3.8, 4) is 6.07 Å². The molecule has 4 aliphatic carbocycles. The summed E-state index contributed by atoms with van der Waals surface area (Å²) in [6.07, 6.45) is 18.2. The fourth-order valence-electron chi connectivity index (χ4n) is 9.19. The fourth-order valence-corrected chi connectivity index (χ4v) is 9.19. The predicted octanol–water partition coefficient (Wildman–Crippen LogP) is 6.69. The summed E-state index contributed by atoms with van der Waals surface area (Å²) < 4.78 is 2.01. The molecule has 4 aliphatic rings. The van der Waals surface area contributed by atoms with Crippen molar-refractivity contribution in [3.05, 3.63) is 18.0 Å². The highest BCUT2D eigenvalue weighted by atomic mass is 15.3. The van der Waals surface area contributed by atoms with E-state index in [4.69, 9.17) is 5.26 Å². The lowest BCUT2D eigenvalue weighted by Crippen LogP contribution is -2.55. The van der Waals surface area contributed by atoms with Gasteiger partial charge in [0.1, 0.15) is 6.07 Å². The summed E-state index contributed by atoms with van der Waals surface area (Å²) in [7, 11) is 0. The van der Waals surface area contributed by atoms with Gasteiger partial charge in [-0.3, -0.25) is 4.68 Å². The van der Waals surface area contributed by atoms with E-state index in [9.17, 15) is 0 Å². The van der Waals surface area contributed by atoms with Crippen LogP contribution in [0.1, 0.15) is 90.5 Å². The zero-order valence-electron chi connectivity index (χ0n) is 19.4. The van der Waals surface area contributed by atoms with Gasteiger partial charge in [-0.2, -0.15) is 10.4 Å². The van der Waals surface area contributed by atoms with Gasteiger partial charge in [-0.05, 0) is 104 Å². The monoisotopic (exact) mass is 407 g/mol. The minimum atomic E-state index is 0.513. The average Bonchev–Trinajstić information content (AvgIpc) is 3.20. The first-order valence-corrected chi connectivity index (χ1v) is 12.9. The van der Waals surface area contributed by atoms with Crippen molar-refractivity contribution in [1.29, 1.82) is 5.26 Å². The molecule has 0 N–H and O–H groups in total. The third-order valence-electron chi connectivity index (χ3n) is 10.5. The van der Waals surface area contributed by atoms with Crippen LogP contribution in [0.25, 0.3) is 0 Å². The molecule has 3 heteroatoms. The Morgan fingerprint density at radius 1 is 1.07 bits per heavy atom. The minimum Gasteiger partial charge on any atom is -0.271 e. The molecule has 0 aliphatic heterocycles. The Hall–Kier alpha value is -1.30. The molecule has 0 radical (unpaired) electrons. The molecule has 3 nitrogen and oxygen atoms in total. The highest BCUT2D eigenvalue weighted by Crippen LogP contribution is 2.64. The zero-order chi connectivity index (χ0) is 20.9. The Morgan fingerprint density at radius 2 is 1.90 bits per heavy atom. The van der Waals surface area contributed by atoms with Crippen LogP contribution in [0.2, 0.25) is 0 Å². The maximum atomic E-state index is 9.10. The molecular weight excluding hydrogens is 366 g/mol. The molecule has 9 atom stereocenters. The summed E-state index contributed by atoms with van der Waals surface area (Å²) in [6, 6.07) is 2.22. The van der Waals surface area contributed by atoms with Gasteiger partial charge in [-0.1, -0.05) is 33.6 Å². The Kier molecular flexibility index (Phi) is 5.49. The van der Waals surface area contributed by atoms with Crippen LogP contribution in [0.3, 0.4) is 0 Å². The summed E-state index contributed by atoms with van der Waals surface area (Å²) in [6.45, 7) is 8.73. The van der Waals surface area contributed by atoms with Crippen molar-refractivity contribution >= 4 is 0 Å². The molecule has 0 amide bonds. The summed E-state index contributed by atoms with van der Waals surface area (Å²) in [5, 5.41) is 13.5. The normalized spacial score (nSPS) is 45.7. The molecule has 4 saturated carbocycles. The Balaban J connectivity index is 1.33. The number of fused-ring (bicyclic) bond motifs is 5. The van der Waals surface area contributed by atoms with E-state index in [1.165, 1.54) is 64.2 Å². The lowest BCUT2D eigenvalue weighted by atomic mass is 9.43. The summed E-state index contributed by atoms with van der Waals surface area (Å²) >= 11 is 0. The van der Waals surface area contributed by atoms with Crippen molar-refractivity contribution in [2.24, 2.45) is 52.8 Å². The molecule has 0 aromatic carbocycles. The summed E-state index contributed by atoms with van der Waals surface area (Å²) in [5.41, 5.74) is 1.20. The second kappa shape index (κ2) is 7.99. The lowest BCUT2D eigenvalue weighted by Gasteiger charge is -2.62. The molecule has 30 heavy (non-hydrogen) atoms. The molecular formula is C27H41N3. The highest BCUT2D eigenvalue weighted by molar-refractivity contribution is 5.21. The molecule has 0 saturated heterocycles. The van der Waals surface area contributed by atoms with Crippen LogP contribution >= 0.6 is 0 Å². The largest absolute Gasteiger partial charge is 0.271 e. The Labute approximate surface area is 183 Å². The second-order valence-electron chi connectivity index (χ2n) is 12.0. The van der Waals surface area contributed by atoms with Crippen molar-refractivity contribution in [3.63, 3.8) is 0 Å². The van der Waals surface area contributed by atoms with Gasteiger partial charge in [-0.25, -0.2) is 0 Å². The summed E-state index contributed by atoms with van der Waals surface area (Å²) in [4.78, 5) is 0. The second-order valence-corrected chi connectivity index (χ2v) is 12.0. The number of nitrogens with zero attached hydrogens (tertiary/aromatic N) is 3. The smallest absolute Gasteiger partial charge is 0.102 e. The number of hydrogen-bond donors (Lipinski definition) is 0. The average molecular weight is 408 g/mol. The molecule has 9 unspecified atom stereocenters. The maximum absolute atomic E-state index is 9.10. The molecule has 0 spiro atoms. The van der Waals surface area contributed by atoms with E-state index in [1.54, 1.807) is 6.20 Å². The van der Waals surface area contributed by atoms with E-state index in [2.05, 4.69) is 31.9 Å². The van der Waals surface area contributed by atoms with Crippen molar-refractivity contribution in [2.45, 2.75) is 91.5 Å². The fraction of sp³-hybridized carbons (Fsp3) is 0.852. The van der Waals surface area contributed by atoms with Gasteiger partial charge in [0.05, 0.1) is 11.8 Å². The molecule has 1 aromatic rings. The third kappa shape index (κ3) is 3.43. The number of aryl methyl sites for hydroxylation is 1. The van der Waals surface area contributed by atoms with E-state index >= 15 is 0 Å². The van der Waals surface area contributed by atoms with Gasteiger partial charge in [0.15, 0.2) is 0 Å². The number of hydrogen-bond acceptors (Lipinski definition) is 2. The van der Waals surface area contributed by atoms with E-state index in [0.29, 0.717) is 11.0 Å². The SMILES string of the molecule is CC1CCC2C(CCC3C2CCC2(C)C(CCn4cc(C#N)cn4)CCC(C)C32)C1. The van der Waals surface area contributed by atoms with Gasteiger partial charge in [0, 0.05) is 12.7 Å². The molecule has 164 valence electrons. The van der Waals surface area contributed by atoms with Crippen molar-refractivity contribution < 1.29 is 0 Å². The van der Waals surface area contributed by atoms with Crippen LogP contribution in [0.4, 0.5) is 0 Å². The van der Waals surface area contributed by atoms with E-state index in [0.717, 1.165) is 53.9 Å². The van der Waals surface area contributed by atoms with Crippen LogP contribution in [0, 0.1) is 64.1 Å². The number of rotatable bonds is 3. The predicted molar refractivity (Wildman–Crippen MR) is 120 cm³/mol. The van der Waals surface area contributed by atoms with Gasteiger partial charge >= 0.3 is 0 Å². The van der Waals surface area contributed by atoms with Gasteiger partial charge in [0.25, 0.3) is 0 Å². The quantitative estimate of drug-likeness (QED) is 0.560. The van der Waals surface area contributed by atoms with Gasteiger partial charge in [-0.15, -0.1) is 0 Å². The van der Waals surface area contributed by atoms with Crippen LogP contribution in [-0.2, 0) is 6.54 Å². The van der Waals surface area contributed by atoms with E-state index < -0.39 is 0 Å². The zero-order valence-corrected chi connectivity index (χ0v) is 19.4. The topological polar surface area (TPSA) is 41.6 Å². The van der Waals surface area contributed by atoms with Crippen LogP contribution in [-0.4, -0.2) is 9.78 Å². The maximum Gasteiger partial charge on any atom is 0.102 e. The first kappa shape index (κ1) is 20.6. The molecule has 1 aromatic heterocycles. The Bertz CT molecular complexity index is 790. The lowest BCUT2D eigenvalue weighted by molar-refractivity contribution is -0.132. The van der Waals surface area contributed by atoms with Crippen molar-refractivity contribution in [2.75, 3.05) is 0 Å². The minimum absolute atomic E-state index is 0.513. The molecule has 1 heterocycles. The highest BCUT2D eigenvalue weighted by Gasteiger charge is 2.56. The van der Waals surface area contributed by atoms with Crippen molar-refractivity contribution in [1.82, 2.24) is 9.78 Å². The standard InChI is InChI=1S/C27H41N3/c1-18-4-8-23-21(14-18)6-9-25-24(23)10-12-27(3)22(7-5-19(2)26(25)27)11-13-30-17-20(15-28)16-29-30/h16-19,21-26H,4-14H2,1-3H3. The van der Waals surface area contributed by atoms with Gasteiger partial charge in [0.2, 0.25) is 0 Å². The van der Waals surface area contributed by atoms with Gasteiger partial charge < -0.3 is 0 Å². The first-order chi connectivity index (χ1) is 14.5. The first-order valence-electron chi connectivity index (χ1n) is 12.9. The van der Waals surface area contributed by atoms with Crippen LogP contribution in [0.15, 0.2) is 12.4 Å². The van der Waals surface area contributed by atoms with Crippen LogP contribution in [0.5, 0.6) is 0 Å². The summed E-state index contributed by atoms with van der Waals surface area (Å²) in [5.74, 6) is 7.73. The third-order valence-corrected chi connectivity index (χ3v) is 10.5. The van der Waals surface area contributed by atoms with E-state index in [1.807, 2.05) is 10.9 Å². The number of nitriles is 1. The molecule has 0 bridgehead atoms. The van der Waals surface area contributed by atoms with E-state index in [-0.39, 0.29) is 0 Å². The molecule has 4 fully saturated rings.